The van der Waals surface area contributed by atoms with Gasteiger partial charge in [-0.1, -0.05) is 152 Å². The summed E-state index contributed by atoms with van der Waals surface area (Å²) in [6.07, 6.45) is 29.6. The number of nitrogens with zero attached hydrogens (tertiary/aromatic N) is 6. The van der Waals surface area contributed by atoms with Crippen molar-refractivity contribution in [3.8, 4) is 17.1 Å². The summed E-state index contributed by atoms with van der Waals surface area (Å²) in [5.74, 6) is 1.68. The number of hydrogen-bond acceptors (Lipinski definition) is 8. The monoisotopic (exact) mass is 1540 g/mol. The van der Waals surface area contributed by atoms with Gasteiger partial charge in [0.2, 0.25) is 0 Å². The van der Waals surface area contributed by atoms with Crippen molar-refractivity contribution in [3.05, 3.63) is 256 Å². The van der Waals surface area contributed by atoms with Crippen LogP contribution >= 0.6 is 0 Å². The Morgan fingerprint density at radius 3 is 1.32 bits per heavy atom. The van der Waals surface area contributed by atoms with Crippen LogP contribution < -0.4 is 0 Å². The molecule has 4 heterocycles. The molecule has 2 N–H and O–H groups in total. The van der Waals surface area contributed by atoms with Crippen LogP contribution in [0.2, 0.25) is 0 Å². The Morgan fingerprint density at radius 1 is 0.500 bits per heavy atom. The van der Waals surface area contributed by atoms with E-state index in [1.54, 1.807) is 42.0 Å². The van der Waals surface area contributed by atoms with Crippen LogP contribution in [0.5, 0.6) is 0 Å². The minimum atomic E-state index is -1.92. The molecule has 6 aliphatic carbocycles. The molecular weight excluding hydrogens is 1440 g/mol. The average Bonchev–Trinajstić information content (AvgIpc) is 1.41. The van der Waals surface area contributed by atoms with E-state index in [-0.39, 0.29) is 68.2 Å². The number of aromatic nitrogens is 6. The summed E-state index contributed by atoms with van der Waals surface area (Å²) in [4.78, 5) is 0. The van der Waals surface area contributed by atoms with E-state index in [2.05, 4.69) is 96.7 Å². The molecule has 6 aromatic carbocycles. The van der Waals surface area contributed by atoms with Crippen molar-refractivity contribution < 1.29 is 53.4 Å². The molecule has 0 unspecified atom stereocenters. The van der Waals surface area contributed by atoms with Gasteiger partial charge in [-0.2, -0.15) is 15.3 Å². The van der Waals surface area contributed by atoms with Crippen molar-refractivity contribution in [2.75, 3.05) is 13.2 Å². The maximum absolute atomic E-state index is 13.4. The molecule has 0 bridgehead atoms. The van der Waals surface area contributed by atoms with E-state index in [4.69, 9.17) is 11.5 Å². The van der Waals surface area contributed by atoms with Crippen molar-refractivity contribution in [2.45, 2.75) is 184 Å². The molecule has 15 heteroatoms. The topological polar surface area (TPSA) is 137 Å². The summed E-state index contributed by atoms with van der Waals surface area (Å²) < 4.78 is 67.9. The quantitative estimate of drug-likeness (QED) is 0.123. The molecule has 100 heavy (non-hydrogen) atoms. The molecule has 0 spiro atoms. The van der Waals surface area contributed by atoms with Gasteiger partial charge in [-0.3, -0.25) is 0 Å². The summed E-state index contributed by atoms with van der Waals surface area (Å²) in [5, 5.41) is 36.4. The molecule has 1 saturated heterocycles. The zero-order chi connectivity index (χ0) is 67.5. The summed E-state index contributed by atoms with van der Waals surface area (Å²) in [6, 6.07) is 51.3. The number of hydrogen-bond donors (Lipinski definition) is 2. The van der Waals surface area contributed by atoms with Gasteiger partial charge in [0, 0.05) is 24.6 Å². The summed E-state index contributed by atoms with van der Waals surface area (Å²) in [5.41, 5.74) is 16.1. The molecule has 11 nitrogen and oxygen atoms in total. The fourth-order valence-corrected chi connectivity index (χ4v) is 17.9. The number of halogens is 3. The van der Waals surface area contributed by atoms with Crippen molar-refractivity contribution in [1.82, 2.24) is 29.3 Å². The maximum atomic E-state index is 13.4. The number of aliphatic hydroxyl groups excluding tert-OH is 2. The number of aryl methyl sites for hydroxylation is 1. The summed E-state index contributed by atoms with van der Waals surface area (Å²) >= 11 is -1.92. The van der Waals surface area contributed by atoms with Crippen molar-refractivity contribution >= 4 is 6.08 Å². The van der Waals surface area contributed by atoms with Crippen LogP contribution in [0.4, 0.5) is 13.2 Å². The van der Waals surface area contributed by atoms with E-state index in [1.165, 1.54) is 138 Å². The van der Waals surface area contributed by atoms with Gasteiger partial charge in [0.25, 0.3) is 0 Å². The molecule has 7 aliphatic rings. The first kappa shape index (κ1) is 76.8. The molecule has 4 fully saturated rings. The first-order chi connectivity index (χ1) is 47.1. The molecular formula is C85H105F3N6O5Pt. The number of allylic oxidation sites excluding steroid dienone is 1. The van der Waals surface area contributed by atoms with Crippen LogP contribution in [0, 0.1) is 63.3 Å². The first-order valence-corrected chi connectivity index (χ1v) is 37.1. The van der Waals surface area contributed by atoms with Gasteiger partial charge < -0.3 is 14.9 Å². The van der Waals surface area contributed by atoms with Gasteiger partial charge >= 0.3 is 25.3 Å². The molecule has 3 saturated carbocycles. The predicted octanol–water partition coefficient (Wildman–Crippen LogP) is 19.1. The van der Waals surface area contributed by atoms with E-state index >= 15 is 0 Å². The van der Waals surface area contributed by atoms with Crippen LogP contribution in [-0.4, -0.2) is 65.0 Å². The molecule has 1 aliphatic heterocycles. The molecule has 9 aromatic rings. The van der Waals surface area contributed by atoms with Crippen LogP contribution in [-0.2, 0) is 81.4 Å². The molecule has 3 aromatic heterocycles. The van der Waals surface area contributed by atoms with Gasteiger partial charge in [0.05, 0.1) is 53.6 Å². The normalized spacial score (nSPS) is 24.1. The third-order valence-electron chi connectivity index (χ3n) is 23.2. The first-order valence-electron chi connectivity index (χ1n) is 35.2. The van der Waals surface area contributed by atoms with Crippen LogP contribution in [0.15, 0.2) is 188 Å². The zero-order valence-corrected chi connectivity index (χ0v) is 58.5. The predicted molar refractivity (Wildman–Crippen MR) is 389 cm³/mol. The second kappa shape index (κ2) is 35.0. The number of fused-ring (bicyclic) bond motifs is 6. The number of benzene rings is 6. The third kappa shape index (κ3) is 17.4. The third-order valence-corrected chi connectivity index (χ3v) is 23.2. The Labute approximate surface area is 600 Å². The second-order valence-corrected chi connectivity index (χ2v) is 29.3. The molecule has 0 radical (unpaired) electrons. The summed E-state index contributed by atoms with van der Waals surface area (Å²) in [7, 11) is 0. The van der Waals surface area contributed by atoms with E-state index in [9.17, 15) is 23.4 Å². The Bertz CT molecular complexity index is 3900. The van der Waals surface area contributed by atoms with Gasteiger partial charge in [-0.25, -0.2) is 27.2 Å². The minimum absolute atomic E-state index is 0. The average molecular weight is 1540 g/mol. The Hall–Kier alpha value is -7.35. The standard InChI is InChI=1S/2C26H29FN2O.C26H27FN2.C4H8O.3CH4.2O.Pt/c2*1-26-16-19-17-28-29(22-12-10-21(27)11-13-22)24(19)15-20(26)8-5-9-23(26)25(30)14-18-6-3-2-4-7-18;1-26-17-20-18-28-29(24-14-12-23(27)13-15-24)25(20)16-22(26)9-5-8-21(26)11-10-19-6-3-2-4-7-19;1-2-4-5-3-1;;;;;;/h2*2-4,6-7,10-13,17,20,23,25,30H,5,8-9,14-16H2,1H3;2-4,6-7,12-16,18,21H,5,8-11,17H2,1H3;1-4H2;3*1H4;;;/t20-,23+,25-,26-;20-,23-,25+,26+;21-,26-;;;;;;;/m011......./s1. The van der Waals surface area contributed by atoms with E-state index in [1.807, 2.05) is 69.0 Å². The zero-order valence-electron chi connectivity index (χ0n) is 56.2. The Morgan fingerprint density at radius 2 is 0.900 bits per heavy atom. The van der Waals surface area contributed by atoms with E-state index < -0.39 is 18.5 Å². The van der Waals surface area contributed by atoms with Gasteiger partial charge in [0.1, 0.15) is 17.5 Å². The number of aliphatic hydroxyl groups is 2. The molecule has 16 rings (SSSR count). The second-order valence-electron chi connectivity index (χ2n) is 29.0. The summed E-state index contributed by atoms with van der Waals surface area (Å²) in [6.45, 7) is 9.23. The molecule has 10 atom stereocenters. The molecule has 536 valence electrons. The van der Waals surface area contributed by atoms with Crippen LogP contribution in [0.25, 0.3) is 23.1 Å². The van der Waals surface area contributed by atoms with Gasteiger partial charge in [-0.15, -0.1) is 0 Å². The van der Waals surface area contributed by atoms with Crippen LogP contribution in [0.1, 0.15) is 171 Å². The fourth-order valence-electron chi connectivity index (χ4n) is 17.9. The van der Waals surface area contributed by atoms with E-state index in [0.29, 0.717) is 29.6 Å². The number of ether oxygens (including phenoxy) is 1. The Kier molecular flexibility index (Phi) is 26.9. The molecule has 0 amide bonds. The van der Waals surface area contributed by atoms with Crippen molar-refractivity contribution in [3.63, 3.8) is 0 Å². The van der Waals surface area contributed by atoms with E-state index in [0.717, 1.165) is 107 Å². The van der Waals surface area contributed by atoms with Crippen molar-refractivity contribution in [2.24, 2.45) is 45.8 Å². The Balaban J connectivity index is 0.000000163. The van der Waals surface area contributed by atoms with Gasteiger partial charge in [0.15, 0.2) is 0 Å². The SMILES string of the molecule is C.C.C.C1CCOC1.C[C@]12Cc3cnn(-c4ccc(F)cc4)c3C=C1CCC[C@@H]2CCc1ccccc1.C[C@]12Cc3cnn(-c4ccc(F)cc4)c3C[C@@H]1CCC[C@@H]2[C@@H](O)Cc1ccccc1.C[C@]12Cc3cnn(-c4ccc(F)cc4)c3C[C@H]1CCC[C@@H]2[C@@H](O)Cc1ccccc1.[O]=[Pt]=[O]. The van der Waals surface area contributed by atoms with Crippen molar-refractivity contribution in [1.29, 1.82) is 0 Å². The number of rotatable bonds is 12. The van der Waals surface area contributed by atoms with Gasteiger partial charge in [-0.05, 0) is 274 Å². The van der Waals surface area contributed by atoms with Crippen LogP contribution in [0.3, 0.4) is 0 Å². The fraction of sp³-hybridized carbons (Fsp3) is 0.447.